The molecule has 0 aliphatic carbocycles. The molecule has 0 aromatic carbocycles. The van der Waals surface area contributed by atoms with Crippen molar-refractivity contribution in [3.8, 4) is 0 Å². The van der Waals surface area contributed by atoms with Gasteiger partial charge in [-0.15, -0.1) is 11.3 Å². The topological polar surface area (TPSA) is 58.2 Å². The van der Waals surface area contributed by atoms with E-state index in [9.17, 15) is 8.42 Å². The van der Waals surface area contributed by atoms with Crippen LogP contribution in [0.4, 0.5) is 5.69 Å². The quantitative estimate of drug-likeness (QED) is 0.772. The van der Waals surface area contributed by atoms with Gasteiger partial charge < -0.3 is 5.32 Å². The number of hydrogen-bond acceptors (Lipinski definition) is 5. The van der Waals surface area contributed by atoms with Gasteiger partial charge in [-0.25, -0.2) is 8.42 Å². The predicted octanol–water partition coefficient (Wildman–Crippen LogP) is 3.11. The Morgan fingerprint density at radius 1 is 1.32 bits per heavy atom. The highest BCUT2D eigenvalue weighted by molar-refractivity contribution is 7.94. The number of anilines is 1. The van der Waals surface area contributed by atoms with E-state index in [0.717, 1.165) is 18.5 Å². The van der Waals surface area contributed by atoms with E-state index < -0.39 is 10.0 Å². The SMILES string of the molecule is CCCNCc1csc(S(=O)(=O)Nc2ccsc2)c1. The molecule has 0 bridgehead atoms. The Kier molecular flexibility index (Phi) is 4.98. The third-order valence-corrected chi connectivity index (χ3v) is 5.98. The number of sulfonamides is 1. The van der Waals surface area contributed by atoms with Crippen molar-refractivity contribution in [3.63, 3.8) is 0 Å². The van der Waals surface area contributed by atoms with Crippen LogP contribution in [-0.2, 0) is 16.6 Å². The summed E-state index contributed by atoms with van der Waals surface area (Å²) in [6, 6.07) is 3.47. The van der Waals surface area contributed by atoms with E-state index >= 15 is 0 Å². The van der Waals surface area contributed by atoms with E-state index in [4.69, 9.17) is 0 Å². The highest BCUT2D eigenvalue weighted by atomic mass is 32.2. The predicted molar refractivity (Wildman–Crippen MR) is 81.4 cm³/mol. The summed E-state index contributed by atoms with van der Waals surface area (Å²) in [5.74, 6) is 0. The molecule has 0 fully saturated rings. The fraction of sp³-hybridized carbons (Fsp3) is 0.333. The Labute approximate surface area is 121 Å². The van der Waals surface area contributed by atoms with Crippen molar-refractivity contribution < 1.29 is 8.42 Å². The third kappa shape index (κ3) is 4.04. The lowest BCUT2D eigenvalue weighted by molar-refractivity contribution is 0.603. The van der Waals surface area contributed by atoms with Gasteiger partial charge in [-0.05, 0) is 41.4 Å². The van der Waals surface area contributed by atoms with Gasteiger partial charge in [0.2, 0.25) is 0 Å². The van der Waals surface area contributed by atoms with Crippen LogP contribution in [0.3, 0.4) is 0 Å². The average molecular weight is 316 g/mol. The van der Waals surface area contributed by atoms with Crippen molar-refractivity contribution in [1.82, 2.24) is 5.32 Å². The molecule has 2 rings (SSSR count). The lowest BCUT2D eigenvalue weighted by Gasteiger charge is -2.03. The fourth-order valence-electron chi connectivity index (χ4n) is 1.52. The normalized spacial score (nSPS) is 11.6. The van der Waals surface area contributed by atoms with Gasteiger partial charge >= 0.3 is 0 Å². The minimum absolute atomic E-state index is 0.354. The molecule has 2 heterocycles. The van der Waals surface area contributed by atoms with Crippen molar-refractivity contribution in [3.05, 3.63) is 33.8 Å². The van der Waals surface area contributed by atoms with Crippen molar-refractivity contribution in [1.29, 1.82) is 0 Å². The Bertz CT molecular complexity index is 603. The Balaban J connectivity index is 2.04. The van der Waals surface area contributed by atoms with Crippen LogP contribution >= 0.6 is 22.7 Å². The van der Waals surface area contributed by atoms with Gasteiger partial charge in [-0.2, -0.15) is 11.3 Å². The summed E-state index contributed by atoms with van der Waals surface area (Å²) in [6.07, 6.45) is 1.06. The summed E-state index contributed by atoms with van der Waals surface area (Å²) < 4.78 is 27.2. The van der Waals surface area contributed by atoms with Crippen LogP contribution in [-0.4, -0.2) is 15.0 Å². The van der Waals surface area contributed by atoms with Gasteiger partial charge in [0, 0.05) is 11.9 Å². The zero-order valence-electron chi connectivity index (χ0n) is 10.5. The van der Waals surface area contributed by atoms with E-state index in [-0.39, 0.29) is 0 Å². The highest BCUT2D eigenvalue weighted by Gasteiger charge is 2.16. The monoisotopic (exact) mass is 316 g/mol. The van der Waals surface area contributed by atoms with Crippen LogP contribution in [0.5, 0.6) is 0 Å². The Morgan fingerprint density at radius 2 is 2.16 bits per heavy atom. The first kappa shape index (κ1) is 14.5. The smallest absolute Gasteiger partial charge is 0.271 e. The molecule has 2 aromatic rings. The molecule has 2 N–H and O–H groups in total. The highest BCUT2D eigenvalue weighted by Crippen LogP contribution is 2.24. The number of rotatable bonds is 7. The summed E-state index contributed by atoms with van der Waals surface area (Å²) >= 11 is 2.71. The second-order valence-corrected chi connectivity index (χ2v) is 7.67. The minimum Gasteiger partial charge on any atom is -0.313 e. The molecule has 0 atom stereocenters. The molecule has 2 aromatic heterocycles. The summed E-state index contributed by atoms with van der Waals surface area (Å²) in [5, 5.41) is 8.75. The zero-order valence-corrected chi connectivity index (χ0v) is 13.0. The number of hydrogen-bond donors (Lipinski definition) is 2. The van der Waals surface area contributed by atoms with E-state index in [0.29, 0.717) is 16.4 Å². The molecule has 19 heavy (non-hydrogen) atoms. The Hall–Kier alpha value is -0.890. The maximum Gasteiger partial charge on any atom is 0.271 e. The van der Waals surface area contributed by atoms with E-state index in [2.05, 4.69) is 17.0 Å². The second kappa shape index (κ2) is 6.51. The average Bonchev–Trinajstić information content (AvgIpc) is 3.00. The lowest BCUT2D eigenvalue weighted by Crippen LogP contribution is -2.13. The van der Waals surface area contributed by atoms with Crippen LogP contribution < -0.4 is 10.0 Å². The van der Waals surface area contributed by atoms with Gasteiger partial charge in [-0.3, -0.25) is 4.72 Å². The van der Waals surface area contributed by atoms with Crippen LogP contribution in [0.2, 0.25) is 0 Å². The maximum atomic E-state index is 12.1. The molecule has 0 radical (unpaired) electrons. The van der Waals surface area contributed by atoms with Crippen molar-refractivity contribution in [2.24, 2.45) is 0 Å². The van der Waals surface area contributed by atoms with E-state index in [1.54, 1.807) is 17.5 Å². The molecule has 104 valence electrons. The van der Waals surface area contributed by atoms with Crippen LogP contribution in [0.15, 0.2) is 32.5 Å². The molecule has 0 amide bonds. The second-order valence-electron chi connectivity index (χ2n) is 4.07. The number of thiophene rings is 2. The number of nitrogens with one attached hydrogen (secondary N) is 2. The molecule has 4 nitrogen and oxygen atoms in total. The van der Waals surface area contributed by atoms with Crippen LogP contribution in [0.1, 0.15) is 18.9 Å². The standard InChI is InChI=1S/C12H16N2O2S3/c1-2-4-13-7-10-6-12(18-8-10)19(15,16)14-11-3-5-17-9-11/h3,5-6,8-9,13-14H,2,4,7H2,1H3. The molecule has 0 unspecified atom stereocenters. The van der Waals surface area contributed by atoms with Gasteiger partial charge in [0.15, 0.2) is 0 Å². The molecule has 0 aliphatic heterocycles. The zero-order chi connectivity index (χ0) is 13.7. The van der Waals surface area contributed by atoms with Crippen molar-refractivity contribution >= 4 is 38.4 Å². The van der Waals surface area contributed by atoms with Crippen molar-refractivity contribution in [2.45, 2.75) is 24.1 Å². The van der Waals surface area contributed by atoms with Gasteiger partial charge in [0.1, 0.15) is 4.21 Å². The van der Waals surface area contributed by atoms with Crippen LogP contribution in [0, 0.1) is 0 Å². The molecule has 0 saturated heterocycles. The largest absolute Gasteiger partial charge is 0.313 e. The Morgan fingerprint density at radius 3 is 2.84 bits per heavy atom. The van der Waals surface area contributed by atoms with E-state index in [1.807, 2.05) is 10.8 Å². The first-order valence-electron chi connectivity index (χ1n) is 5.95. The van der Waals surface area contributed by atoms with Gasteiger partial charge in [-0.1, -0.05) is 6.92 Å². The summed E-state index contributed by atoms with van der Waals surface area (Å²) in [4.78, 5) is 0. The maximum absolute atomic E-state index is 12.1. The summed E-state index contributed by atoms with van der Waals surface area (Å²) in [6.45, 7) is 3.74. The minimum atomic E-state index is -3.45. The summed E-state index contributed by atoms with van der Waals surface area (Å²) in [7, 11) is -3.45. The van der Waals surface area contributed by atoms with Gasteiger partial charge in [0.05, 0.1) is 5.69 Å². The first-order chi connectivity index (χ1) is 9.12. The van der Waals surface area contributed by atoms with E-state index in [1.165, 1.54) is 22.7 Å². The fourth-order valence-corrected chi connectivity index (χ4v) is 4.45. The molecule has 0 aliphatic rings. The van der Waals surface area contributed by atoms with Crippen LogP contribution in [0.25, 0.3) is 0 Å². The molecular formula is C12H16N2O2S3. The summed E-state index contributed by atoms with van der Waals surface area (Å²) in [5.41, 5.74) is 1.62. The van der Waals surface area contributed by atoms with Crippen molar-refractivity contribution in [2.75, 3.05) is 11.3 Å². The molecule has 0 saturated carbocycles. The molecule has 7 heteroatoms. The van der Waals surface area contributed by atoms with Gasteiger partial charge in [0.25, 0.3) is 10.0 Å². The molecule has 0 spiro atoms. The lowest BCUT2D eigenvalue weighted by atomic mass is 10.3. The first-order valence-corrected chi connectivity index (χ1v) is 9.25. The molecular weight excluding hydrogens is 300 g/mol. The third-order valence-electron chi connectivity index (χ3n) is 2.42.